The lowest BCUT2D eigenvalue weighted by atomic mass is 9.93. The molecule has 0 radical (unpaired) electrons. The van der Waals surface area contributed by atoms with Gasteiger partial charge >= 0.3 is 5.97 Å². The number of nitrogens with zero attached hydrogens (tertiary/aromatic N) is 1. The van der Waals surface area contributed by atoms with Crippen LogP contribution in [0.1, 0.15) is 36.8 Å². The molecule has 19 heavy (non-hydrogen) atoms. The van der Waals surface area contributed by atoms with Gasteiger partial charge in [-0.2, -0.15) is 0 Å². The van der Waals surface area contributed by atoms with E-state index in [0.717, 1.165) is 16.3 Å². The molecule has 0 aliphatic rings. The monoisotopic (exact) mass is 275 g/mol. The molecule has 100 valence electrons. The first-order valence-corrected chi connectivity index (χ1v) is 6.94. The van der Waals surface area contributed by atoms with Gasteiger partial charge in [-0.05, 0) is 12.1 Å². The molecule has 0 saturated heterocycles. The minimum absolute atomic E-state index is 0.0364. The highest BCUT2D eigenvalue weighted by molar-refractivity contribution is 7.13. The van der Waals surface area contributed by atoms with Crippen molar-refractivity contribution in [2.45, 2.75) is 26.2 Å². The molecule has 0 bridgehead atoms. The third-order valence-electron chi connectivity index (χ3n) is 2.80. The number of aromatic nitrogens is 1. The summed E-state index contributed by atoms with van der Waals surface area (Å²) in [4.78, 5) is 16.2. The van der Waals surface area contributed by atoms with Crippen LogP contribution in [0.4, 0.5) is 0 Å². The molecule has 2 aromatic rings. The second kappa shape index (κ2) is 5.13. The molecule has 2 rings (SSSR count). The van der Waals surface area contributed by atoms with Gasteiger partial charge in [0.2, 0.25) is 0 Å². The summed E-state index contributed by atoms with van der Waals surface area (Å²) >= 11 is 1.59. The Morgan fingerprint density at radius 1 is 1.32 bits per heavy atom. The minimum atomic E-state index is -0.325. The zero-order valence-electron chi connectivity index (χ0n) is 11.6. The number of ether oxygens (including phenoxy) is 1. The topological polar surface area (TPSA) is 39.2 Å². The van der Waals surface area contributed by atoms with Crippen LogP contribution in [0.15, 0.2) is 29.6 Å². The smallest absolute Gasteiger partial charge is 0.337 e. The average Bonchev–Trinajstić information content (AvgIpc) is 2.87. The van der Waals surface area contributed by atoms with Crippen LogP contribution in [0.5, 0.6) is 0 Å². The Labute approximate surface area is 117 Å². The van der Waals surface area contributed by atoms with Gasteiger partial charge in [-0.15, -0.1) is 11.3 Å². The minimum Gasteiger partial charge on any atom is -0.465 e. The van der Waals surface area contributed by atoms with Gasteiger partial charge < -0.3 is 4.74 Å². The van der Waals surface area contributed by atoms with Crippen molar-refractivity contribution in [2.75, 3.05) is 7.11 Å². The van der Waals surface area contributed by atoms with E-state index in [1.807, 2.05) is 18.2 Å². The lowest BCUT2D eigenvalue weighted by molar-refractivity contribution is 0.0601. The molecule has 1 aromatic carbocycles. The molecule has 0 unspecified atom stereocenters. The van der Waals surface area contributed by atoms with Gasteiger partial charge in [0, 0.05) is 16.4 Å². The Kier molecular flexibility index (Phi) is 3.71. The molecule has 0 N–H and O–H groups in total. The largest absolute Gasteiger partial charge is 0.465 e. The standard InChI is InChI=1S/C15H17NO2S/c1-15(2,3)12-9-19-13(16-12)10-6-5-7-11(8-10)14(17)18-4/h5-9H,1-4H3. The van der Waals surface area contributed by atoms with Gasteiger partial charge in [0.1, 0.15) is 5.01 Å². The molecule has 0 fully saturated rings. The van der Waals surface area contributed by atoms with Crippen LogP contribution < -0.4 is 0 Å². The number of esters is 1. The quantitative estimate of drug-likeness (QED) is 0.780. The van der Waals surface area contributed by atoms with Crippen molar-refractivity contribution in [3.63, 3.8) is 0 Å². The summed E-state index contributed by atoms with van der Waals surface area (Å²) in [6.45, 7) is 6.41. The van der Waals surface area contributed by atoms with Crippen LogP contribution in [-0.4, -0.2) is 18.1 Å². The second-order valence-electron chi connectivity index (χ2n) is 5.36. The zero-order valence-corrected chi connectivity index (χ0v) is 12.4. The van der Waals surface area contributed by atoms with E-state index in [1.165, 1.54) is 7.11 Å². The summed E-state index contributed by atoms with van der Waals surface area (Å²) < 4.78 is 4.73. The number of methoxy groups -OCH3 is 1. The van der Waals surface area contributed by atoms with Crippen LogP contribution in [-0.2, 0) is 10.2 Å². The van der Waals surface area contributed by atoms with Gasteiger partial charge in [0.25, 0.3) is 0 Å². The van der Waals surface area contributed by atoms with Gasteiger partial charge in [-0.1, -0.05) is 32.9 Å². The van der Waals surface area contributed by atoms with Crippen molar-refractivity contribution >= 4 is 17.3 Å². The fourth-order valence-electron chi connectivity index (χ4n) is 1.65. The van der Waals surface area contributed by atoms with Crippen molar-refractivity contribution in [3.05, 3.63) is 40.9 Å². The van der Waals surface area contributed by atoms with E-state index in [9.17, 15) is 4.79 Å². The zero-order chi connectivity index (χ0) is 14.0. The molecule has 3 nitrogen and oxygen atoms in total. The van der Waals surface area contributed by atoms with E-state index in [-0.39, 0.29) is 11.4 Å². The van der Waals surface area contributed by atoms with Crippen molar-refractivity contribution in [1.82, 2.24) is 4.98 Å². The van der Waals surface area contributed by atoms with Crippen LogP contribution >= 0.6 is 11.3 Å². The molecule has 0 aliphatic heterocycles. The first-order chi connectivity index (χ1) is 8.91. The SMILES string of the molecule is COC(=O)c1cccc(-c2nc(C(C)(C)C)cs2)c1. The highest BCUT2D eigenvalue weighted by Crippen LogP contribution is 2.30. The lowest BCUT2D eigenvalue weighted by Gasteiger charge is -2.14. The lowest BCUT2D eigenvalue weighted by Crippen LogP contribution is -2.11. The second-order valence-corrected chi connectivity index (χ2v) is 6.22. The molecule has 1 heterocycles. The molecule has 0 aliphatic carbocycles. The van der Waals surface area contributed by atoms with Gasteiger partial charge in [0.05, 0.1) is 18.4 Å². The first kappa shape index (κ1) is 13.7. The fraction of sp³-hybridized carbons (Fsp3) is 0.333. The van der Waals surface area contributed by atoms with Gasteiger partial charge in [-0.25, -0.2) is 9.78 Å². The molecular weight excluding hydrogens is 258 g/mol. The first-order valence-electron chi connectivity index (χ1n) is 6.06. The Bertz CT molecular complexity index is 596. The summed E-state index contributed by atoms with van der Waals surface area (Å²) in [7, 11) is 1.39. The molecule has 1 aromatic heterocycles. The van der Waals surface area contributed by atoms with Gasteiger partial charge in [-0.3, -0.25) is 0 Å². The van der Waals surface area contributed by atoms with Crippen molar-refractivity contribution < 1.29 is 9.53 Å². The number of benzene rings is 1. The van der Waals surface area contributed by atoms with Crippen molar-refractivity contribution in [2.24, 2.45) is 0 Å². The Morgan fingerprint density at radius 3 is 2.63 bits per heavy atom. The Hall–Kier alpha value is -1.68. The van der Waals surface area contributed by atoms with E-state index in [2.05, 4.69) is 31.1 Å². The highest BCUT2D eigenvalue weighted by Gasteiger charge is 2.18. The normalized spacial score (nSPS) is 11.4. The number of thiazole rings is 1. The number of hydrogen-bond acceptors (Lipinski definition) is 4. The van der Waals surface area contributed by atoms with E-state index in [0.29, 0.717) is 5.56 Å². The Morgan fingerprint density at radius 2 is 2.05 bits per heavy atom. The van der Waals surface area contributed by atoms with Crippen LogP contribution in [0, 0.1) is 0 Å². The van der Waals surface area contributed by atoms with E-state index >= 15 is 0 Å². The maximum Gasteiger partial charge on any atom is 0.337 e. The van der Waals surface area contributed by atoms with Gasteiger partial charge in [0.15, 0.2) is 0 Å². The summed E-state index contributed by atoms with van der Waals surface area (Å²) in [5.41, 5.74) is 2.60. The molecule has 0 amide bonds. The van der Waals surface area contributed by atoms with Crippen molar-refractivity contribution in [1.29, 1.82) is 0 Å². The fourth-order valence-corrected chi connectivity index (χ4v) is 2.69. The Balaban J connectivity index is 2.37. The third kappa shape index (κ3) is 3.01. The molecule has 0 saturated carbocycles. The van der Waals surface area contributed by atoms with E-state index < -0.39 is 0 Å². The van der Waals surface area contributed by atoms with Crippen molar-refractivity contribution in [3.8, 4) is 10.6 Å². The molecule has 4 heteroatoms. The predicted octanol–water partition coefficient (Wildman–Crippen LogP) is 3.89. The number of carbonyl (C=O) groups excluding carboxylic acids is 1. The highest BCUT2D eigenvalue weighted by atomic mass is 32.1. The number of hydrogen-bond donors (Lipinski definition) is 0. The molecular formula is C15H17NO2S. The third-order valence-corrected chi connectivity index (χ3v) is 3.69. The van der Waals surface area contributed by atoms with E-state index in [4.69, 9.17) is 4.74 Å². The summed E-state index contributed by atoms with van der Waals surface area (Å²) in [6, 6.07) is 7.36. The maximum absolute atomic E-state index is 11.5. The molecule has 0 spiro atoms. The average molecular weight is 275 g/mol. The molecule has 0 atom stereocenters. The van der Waals surface area contributed by atoms with E-state index in [1.54, 1.807) is 17.4 Å². The summed E-state index contributed by atoms with van der Waals surface area (Å²) in [5.74, 6) is -0.325. The number of rotatable bonds is 2. The summed E-state index contributed by atoms with van der Waals surface area (Å²) in [5, 5.41) is 3.00. The van der Waals surface area contributed by atoms with Crippen LogP contribution in [0.25, 0.3) is 10.6 Å². The maximum atomic E-state index is 11.5. The predicted molar refractivity (Wildman–Crippen MR) is 77.6 cm³/mol. The van der Waals surface area contributed by atoms with Crippen LogP contribution in [0.2, 0.25) is 0 Å². The van der Waals surface area contributed by atoms with Crippen LogP contribution in [0.3, 0.4) is 0 Å². The number of carbonyl (C=O) groups is 1. The summed E-state index contributed by atoms with van der Waals surface area (Å²) in [6.07, 6.45) is 0.